The number of nitrogens with zero attached hydrogens (tertiary/aromatic N) is 2. The van der Waals surface area contributed by atoms with E-state index in [-0.39, 0.29) is 17.5 Å². The highest BCUT2D eigenvalue weighted by atomic mass is 16.5. The van der Waals surface area contributed by atoms with Crippen LogP contribution in [0.2, 0.25) is 0 Å². The van der Waals surface area contributed by atoms with Crippen LogP contribution in [0.1, 0.15) is 51.6 Å². The van der Waals surface area contributed by atoms with E-state index in [4.69, 9.17) is 19.5 Å². The van der Waals surface area contributed by atoms with Crippen molar-refractivity contribution in [2.45, 2.75) is 52.1 Å². The molecule has 4 nitrogen and oxygen atoms in total. The number of rotatable bonds is 3. The molecule has 0 amide bonds. The Kier molecular flexibility index (Phi) is 4.30. The zero-order valence-electron chi connectivity index (χ0n) is 15.4. The molecule has 4 atom stereocenters. The molecule has 134 valence electrons. The van der Waals surface area contributed by atoms with Gasteiger partial charge in [-0.15, -0.1) is 0 Å². The fourth-order valence-electron chi connectivity index (χ4n) is 4.03. The van der Waals surface area contributed by atoms with Crippen LogP contribution in [0, 0.1) is 17.3 Å². The van der Waals surface area contributed by atoms with Gasteiger partial charge in [0.15, 0.2) is 11.8 Å². The summed E-state index contributed by atoms with van der Waals surface area (Å²) in [6, 6.07) is 10.8. The molecule has 2 heterocycles. The molecule has 0 radical (unpaired) electrons. The van der Waals surface area contributed by atoms with Crippen LogP contribution in [0.25, 0.3) is 0 Å². The molecule has 0 spiro atoms. The first-order chi connectivity index (χ1) is 12.0. The van der Waals surface area contributed by atoms with E-state index in [0.717, 1.165) is 24.6 Å². The van der Waals surface area contributed by atoms with Crippen molar-refractivity contribution in [3.05, 3.63) is 35.9 Å². The first-order valence-electron chi connectivity index (χ1n) is 9.48. The maximum Gasteiger partial charge on any atom is 0.188 e. The minimum absolute atomic E-state index is 0.131. The van der Waals surface area contributed by atoms with Crippen molar-refractivity contribution in [1.29, 1.82) is 0 Å². The number of benzene rings is 1. The Bertz CT molecular complexity index is 675. The number of aliphatic imine (C=N–C) groups is 2. The van der Waals surface area contributed by atoms with Gasteiger partial charge in [-0.3, -0.25) is 0 Å². The second kappa shape index (κ2) is 6.47. The van der Waals surface area contributed by atoms with E-state index in [1.165, 1.54) is 12.0 Å². The largest absolute Gasteiger partial charge is 0.478 e. The van der Waals surface area contributed by atoms with Gasteiger partial charge in [0, 0.05) is 11.8 Å². The summed E-state index contributed by atoms with van der Waals surface area (Å²) in [5, 5.41) is 0. The summed E-state index contributed by atoms with van der Waals surface area (Å²) in [6.45, 7) is 8.05. The highest BCUT2D eigenvalue weighted by Crippen LogP contribution is 2.40. The quantitative estimate of drug-likeness (QED) is 0.817. The summed E-state index contributed by atoms with van der Waals surface area (Å²) in [5.74, 6) is 2.52. The molecule has 4 heteroatoms. The van der Waals surface area contributed by atoms with Gasteiger partial charge in [0.2, 0.25) is 0 Å². The van der Waals surface area contributed by atoms with Crippen LogP contribution in [0.3, 0.4) is 0 Å². The van der Waals surface area contributed by atoms with Gasteiger partial charge < -0.3 is 9.47 Å². The average Bonchev–Trinajstić information content (AvgIpc) is 3.33. The predicted molar refractivity (Wildman–Crippen MR) is 100 cm³/mol. The summed E-state index contributed by atoms with van der Waals surface area (Å²) in [5.41, 5.74) is 1.38. The molecule has 0 saturated heterocycles. The maximum absolute atomic E-state index is 6.03. The van der Waals surface area contributed by atoms with Gasteiger partial charge in [-0.05, 0) is 23.8 Å². The van der Waals surface area contributed by atoms with Gasteiger partial charge in [-0.2, -0.15) is 0 Å². The van der Waals surface area contributed by atoms with E-state index in [2.05, 4.69) is 45.0 Å². The van der Waals surface area contributed by atoms with Gasteiger partial charge in [-0.25, -0.2) is 9.98 Å². The molecule has 1 saturated carbocycles. The van der Waals surface area contributed by atoms with Crippen LogP contribution in [0.15, 0.2) is 40.3 Å². The fraction of sp³-hybridized carbons (Fsp3) is 0.619. The Morgan fingerprint density at radius 1 is 0.880 bits per heavy atom. The third kappa shape index (κ3) is 3.31. The van der Waals surface area contributed by atoms with E-state index >= 15 is 0 Å². The monoisotopic (exact) mass is 340 g/mol. The van der Waals surface area contributed by atoms with Crippen LogP contribution in [0.5, 0.6) is 0 Å². The molecule has 2 aliphatic heterocycles. The van der Waals surface area contributed by atoms with Crippen LogP contribution in [0.4, 0.5) is 0 Å². The summed E-state index contributed by atoms with van der Waals surface area (Å²) in [4.78, 5) is 9.84. The van der Waals surface area contributed by atoms with Crippen LogP contribution in [-0.4, -0.2) is 31.1 Å². The molecular formula is C21H28N2O2. The first kappa shape index (κ1) is 16.6. The standard InChI is InChI=1S/C21H28N2O2/c1-21(2,3)18-13-25-20(23-18)16-11-7-10-15(16)19-22-17(12-24-19)14-8-5-4-6-9-14/h4-6,8-9,15-18H,7,10-13H2,1-3H3/t15-,16-,17+,18+/m0/s1. The molecule has 1 aliphatic carbocycles. The lowest BCUT2D eigenvalue weighted by Gasteiger charge is -2.22. The third-order valence-electron chi connectivity index (χ3n) is 5.68. The Balaban J connectivity index is 1.51. The van der Waals surface area contributed by atoms with E-state index in [1.807, 2.05) is 6.07 Å². The zero-order valence-corrected chi connectivity index (χ0v) is 15.4. The van der Waals surface area contributed by atoms with Crippen molar-refractivity contribution in [3.8, 4) is 0 Å². The fourth-order valence-corrected chi connectivity index (χ4v) is 4.03. The zero-order chi connectivity index (χ0) is 17.4. The smallest absolute Gasteiger partial charge is 0.188 e. The van der Waals surface area contributed by atoms with Crippen molar-refractivity contribution in [3.63, 3.8) is 0 Å². The predicted octanol–water partition coefficient (Wildman–Crippen LogP) is 4.42. The van der Waals surface area contributed by atoms with E-state index in [1.54, 1.807) is 0 Å². The lowest BCUT2D eigenvalue weighted by atomic mass is 9.88. The van der Waals surface area contributed by atoms with E-state index < -0.39 is 0 Å². The molecule has 1 fully saturated rings. The van der Waals surface area contributed by atoms with Gasteiger partial charge in [0.05, 0.1) is 6.04 Å². The SMILES string of the molecule is CC(C)(C)[C@H]1COC([C@H]2CCC[C@@H]2C2=N[C@@H](c3ccccc3)CO2)=N1. The van der Waals surface area contributed by atoms with Gasteiger partial charge in [0.1, 0.15) is 19.3 Å². The summed E-state index contributed by atoms with van der Waals surface area (Å²) in [6.07, 6.45) is 3.43. The first-order valence-corrected chi connectivity index (χ1v) is 9.48. The number of hydrogen-bond acceptors (Lipinski definition) is 4. The van der Waals surface area contributed by atoms with E-state index in [9.17, 15) is 0 Å². The lowest BCUT2D eigenvalue weighted by molar-refractivity contribution is 0.225. The molecule has 1 aromatic rings. The minimum atomic E-state index is 0.131. The topological polar surface area (TPSA) is 43.2 Å². The summed E-state index contributed by atoms with van der Waals surface area (Å²) < 4.78 is 12.0. The van der Waals surface area contributed by atoms with Crippen molar-refractivity contribution >= 4 is 11.8 Å². The summed E-state index contributed by atoms with van der Waals surface area (Å²) >= 11 is 0. The normalized spacial score (nSPS) is 32.1. The highest BCUT2D eigenvalue weighted by molar-refractivity contribution is 5.89. The van der Waals surface area contributed by atoms with Crippen molar-refractivity contribution in [2.75, 3.05) is 13.2 Å². The second-order valence-electron chi connectivity index (χ2n) is 8.51. The molecule has 0 N–H and O–H groups in total. The molecule has 0 unspecified atom stereocenters. The maximum atomic E-state index is 6.03. The van der Waals surface area contributed by atoms with Crippen molar-refractivity contribution < 1.29 is 9.47 Å². The number of hydrogen-bond donors (Lipinski definition) is 0. The molecule has 25 heavy (non-hydrogen) atoms. The third-order valence-corrected chi connectivity index (χ3v) is 5.68. The minimum Gasteiger partial charge on any atom is -0.478 e. The van der Waals surface area contributed by atoms with Crippen LogP contribution in [-0.2, 0) is 9.47 Å². The Hall–Kier alpha value is -1.84. The second-order valence-corrected chi connectivity index (χ2v) is 8.51. The average molecular weight is 340 g/mol. The van der Waals surface area contributed by atoms with Crippen LogP contribution >= 0.6 is 0 Å². The molecule has 3 aliphatic rings. The Labute approximate surface area is 150 Å². The van der Waals surface area contributed by atoms with Crippen molar-refractivity contribution in [2.24, 2.45) is 27.2 Å². The molecular weight excluding hydrogens is 312 g/mol. The van der Waals surface area contributed by atoms with Gasteiger partial charge >= 0.3 is 0 Å². The number of ether oxygens (including phenoxy) is 2. The molecule has 4 rings (SSSR count). The highest BCUT2D eigenvalue weighted by Gasteiger charge is 2.42. The Morgan fingerprint density at radius 2 is 1.52 bits per heavy atom. The lowest BCUT2D eigenvalue weighted by Crippen LogP contribution is -2.26. The summed E-state index contributed by atoms with van der Waals surface area (Å²) in [7, 11) is 0. The molecule has 1 aromatic carbocycles. The van der Waals surface area contributed by atoms with Crippen LogP contribution < -0.4 is 0 Å². The van der Waals surface area contributed by atoms with Gasteiger partial charge in [0.25, 0.3) is 0 Å². The molecule has 0 aromatic heterocycles. The van der Waals surface area contributed by atoms with E-state index in [0.29, 0.717) is 25.0 Å². The van der Waals surface area contributed by atoms with Crippen molar-refractivity contribution in [1.82, 2.24) is 0 Å². The van der Waals surface area contributed by atoms with Gasteiger partial charge in [-0.1, -0.05) is 57.5 Å². The molecule has 0 bridgehead atoms. The Morgan fingerprint density at radius 3 is 2.16 bits per heavy atom.